The first-order chi connectivity index (χ1) is 24.6. The second-order valence-corrected chi connectivity index (χ2v) is 20.5. The third-order valence-corrected chi connectivity index (χ3v) is 18.7. The fourth-order valence-corrected chi connectivity index (χ4v) is 16.6. The van der Waals surface area contributed by atoms with Gasteiger partial charge in [0.2, 0.25) is 23.6 Å². The molecule has 0 radical (unpaired) electrons. The van der Waals surface area contributed by atoms with Crippen LogP contribution in [0.3, 0.4) is 0 Å². The van der Waals surface area contributed by atoms with E-state index in [1.807, 2.05) is 4.90 Å². The summed E-state index contributed by atoms with van der Waals surface area (Å²) in [6, 6.07) is 0.0850. The third-order valence-electron chi connectivity index (χ3n) is 18.7. The van der Waals surface area contributed by atoms with Crippen LogP contribution in [0.25, 0.3) is 0 Å². The zero-order valence-corrected chi connectivity index (χ0v) is 32.4. The van der Waals surface area contributed by atoms with Crippen LogP contribution < -0.4 is 0 Å². The molecular formula is C45H68N2O4. The number of hydrogen-bond acceptors (Lipinski definition) is 4. The van der Waals surface area contributed by atoms with E-state index in [0.29, 0.717) is 29.1 Å². The zero-order valence-electron chi connectivity index (χ0n) is 32.4. The maximum absolute atomic E-state index is 14.4. The van der Waals surface area contributed by atoms with Crippen molar-refractivity contribution in [1.29, 1.82) is 0 Å². The number of carbonyl (C=O) groups is 4. The number of hydrogen-bond donors (Lipinski definition) is 0. The second kappa shape index (κ2) is 13.2. The molecule has 7 aliphatic carbocycles. The molecule has 9 aliphatic rings. The molecule has 282 valence electrons. The predicted molar refractivity (Wildman–Crippen MR) is 198 cm³/mol. The van der Waals surface area contributed by atoms with E-state index in [4.69, 9.17) is 0 Å². The van der Waals surface area contributed by atoms with E-state index in [2.05, 4.69) is 20.8 Å². The second-order valence-electron chi connectivity index (χ2n) is 20.5. The molecule has 12 atom stereocenters. The van der Waals surface area contributed by atoms with Crippen LogP contribution in [0.4, 0.5) is 0 Å². The first kappa shape index (κ1) is 35.0. The van der Waals surface area contributed by atoms with Crippen molar-refractivity contribution >= 4 is 23.6 Å². The summed E-state index contributed by atoms with van der Waals surface area (Å²) >= 11 is 0. The van der Waals surface area contributed by atoms with E-state index in [0.717, 1.165) is 80.0 Å². The van der Waals surface area contributed by atoms with Crippen molar-refractivity contribution in [2.75, 3.05) is 7.05 Å². The van der Waals surface area contributed by atoms with Crippen LogP contribution >= 0.6 is 0 Å². The maximum Gasteiger partial charge on any atom is 0.233 e. The highest BCUT2D eigenvalue weighted by atomic mass is 16.2. The monoisotopic (exact) mass is 701 g/mol. The average molecular weight is 701 g/mol. The van der Waals surface area contributed by atoms with E-state index < -0.39 is 0 Å². The van der Waals surface area contributed by atoms with Gasteiger partial charge >= 0.3 is 0 Å². The molecule has 4 amide bonds. The molecular weight excluding hydrogens is 633 g/mol. The Morgan fingerprint density at radius 2 is 0.882 bits per heavy atom. The molecule has 6 heteroatoms. The van der Waals surface area contributed by atoms with Crippen molar-refractivity contribution in [3.63, 3.8) is 0 Å². The number of nitrogens with zero attached hydrogens (tertiary/aromatic N) is 2. The molecule has 0 aromatic heterocycles. The molecule has 0 aromatic carbocycles. The topological polar surface area (TPSA) is 74.8 Å². The Morgan fingerprint density at radius 3 is 1.39 bits per heavy atom. The lowest BCUT2D eigenvalue weighted by atomic mass is 9.48. The lowest BCUT2D eigenvalue weighted by molar-refractivity contribution is -0.145. The van der Waals surface area contributed by atoms with E-state index in [1.165, 1.54) is 94.8 Å². The highest BCUT2D eigenvalue weighted by Gasteiger charge is 2.66. The Morgan fingerprint density at radius 1 is 0.471 bits per heavy atom. The Hall–Kier alpha value is -1.72. The first-order valence-electron chi connectivity index (χ1n) is 22.3. The van der Waals surface area contributed by atoms with Crippen LogP contribution in [0.5, 0.6) is 0 Å². The van der Waals surface area contributed by atoms with Gasteiger partial charge in [0, 0.05) is 13.1 Å². The van der Waals surface area contributed by atoms with Gasteiger partial charge in [-0.2, -0.15) is 0 Å². The Balaban J connectivity index is 0.924. The molecule has 7 saturated carbocycles. The molecule has 0 spiro atoms. The summed E-state index contributed by atoms with van der Waals surface area (Å²) in [5.74, 6) is 7.21. The van der Waals surface area contributed by atoms with Crippen molar-refractivity contribution in [3.8, 4) is 0 Å². The Labute approximate surface area is 308 Å². The van der Waals surface area contributed by atoms with Gasteiger partial charge in [-0.15, -0.1) is 0 Å². The normalized spacial score (nSPS) is 51.7. The Kier molecular flexibility index (Phi) is 9.09. The minimum atomic E-state index is -0.200. The van der Waals surface area contributed by atoms with Crippen molar-refractivity contribution < 1.29 is 19.2 Å². The largest absolute Gasteiger partial charge is 0.285 e. The van der Waals surface area contributed by atoms with Crippen LogP contribution in [0.15, 0.2) is 0 Å². The van der Waals surface area contributed by atoms with Gasteiger partial charge in [-0.05, 0) is 160 Å². The fraction of sp³-hybridized carbons (Fsp3) is 0.911. The molecule has 12 unspecified atom stereocenters. The van der Waals surface area contributed by atoms with Crippen LogP contribution in [0.1, 0.15) is 149 Å². The van der Waals surface area contributed by atoms with Gasteiger partial charge in [-0.1, -0.05) is 59.3 Å². The lowest BCUT2D eigenvalue weighted by Gasteiger charge is -2.57. The molecule has 2 aliphatic heterocycles. The maximum atomic E-state index is 14.4. The first-order valence-corrected chi connectivity index (χ1v) is 22.3. The highest BCUT2D eigenvalue weighted by molar-refractivity contribution is 6.06. The van der Waals surface area contributed by atoms with Gasteiger partial charge in [0.1, 0.15) is 0 Å². The van der Waals surface area contributed by atoms with Crippen LogP contribution in [0.2, 0.25) is 0 Å². The molecule has 2 saturated heterocycles. The quantitative estimate of drug-likeness (QED) is 0.275. The van der Waals surface area contributed by atoms with E-state index in [9.17, 15) is 19.2 Å². The molecule has 2 heterocycles. The van der Waals surface area contributed by atoms with Gasteiger partial charge in [0.05, 0.1) is 23.7 Å². The van der Waals surface area contributed by atoms with Gasteiger partial charge < -0.3 is 0 Å². The summed E-state index contributed by atoms with van der Waals surface area (Å²) in [4.78, 5) is 57.8. The number of carbonyl (C=O) groups excluding carboxylic acids is 4. The number of fused-ring (bicyclic) bond motifs is 5. The predicted octanol–water partition coefficient (Wildman–Crippen LogP) is 8.91. The summed E-state index contributed by atoms with van der Waals surface area (Å²) in [5, 5.41) is 0. The summed E-state index contributed by atoms with van der Waals surface area (Å²) in [7, 11) is 1.64. The van der Waals surface area contributed by atoms with Crippen LogP contribution in [-0.2, 0) is 19.2 Å². The zero-order chi connectivity index (χ0) is 35.3. The van der Waals surface area contributed by atoms with Gasteiger partial charge in [0.25, 0.3) is 0 Å². The number of imide groups is 2. The smallest absolute Gasteiger partial charge is 0.233 e. The van der Waals surface area contributed by atoms with Crippen LogP contribution in [0, 0.1) is 94.2 Å². The number of amides is 4. The SMILES string of the molecule is CC1CCC(C2(C3CCC(N4C(=O)C5CC(C)C(C6CC7C(=O)N(C)C(=O)C7CC6C)CC5C4=O)CC3)C3CCCCC3C3CCCCC32)CC1. The number of rotatable bonds is 4. The van der Waals surface area contributed by atoms with Crippen molar-refractivity contribution in [2.45, 2.75) is 155 Å². The van der Waals surface area contributed by atoms with Gasteiger partial charge in [-0.3, -0.25) is 29.0 Å². The van der Waals surface area contributed by atoms with Crippen LogP contribution in [-0.4, -0.2) is 46.5 Å². The molecule has 6 nitrogen and oxygen atoms in total. The number of likely N-dealkylation sites (tertiary alicyclic amines) is 2. The standard InChI is InChI=1S/C45H68N2O4/c1-25-13-15-28(16-14-25)45(39-11-7-5-9-31(39)32-10-6-8-12-40(32)45)29-17-19-30(20-18-29)47-43(50)36-22-27(3)34(24-38(36)44(47)51)33-23-37-35(21-26(33)2)41(48)46(4)42(37)49/h25-40H,5-24H2,1-4H3. The van der Waals surface area contributed by atoms with Gasteiger partial charge in [-0.25, -0.2) is 0 Å². The minimum absolute atomic E-state index is 0.00158. The molecule has 9 rings (SSSR count). The molecule has 9 fully saturated rings. The summed E-state index contributed by atoms with van der Waals surface area (Å²) in [6.07, 6.45) is 25.0. The van der Waals surface area contributed by atoms with Crippen molar-refractivity contribution in [1.82, 2.24) is 9.80 Å². The summed E-state index contributed by atoms with van der Waals surface area (Å²) in [5.41, 5.74) is 0.507. The molecule has 51 heavy (non-hydrogen) atoms. The average Bonchev–Trinajstić information content (AvgIpc) is 3.66. The lowest BCUT2D eigenvalue weighted by Crippen LogP contribution is -2.52. The molecule has 0 bridgehead atoms. The molecule has 0 N–H and O–H groups in total. The summed E-state index contributed by atoms with van der Waals surface area (Å²) in [6.45, 7) is 7.05. The van der Waals surface area contributed by atoms with Crippen molar-refractivity contribution in [2.24, 2.45) is 94.2 Å². The summed E-state index contributed by atoms with van der Waals surface area (Å²) < 4.78 is 0. The van der Waals surface area contributed by atoms with E-state index >= 15 is 0 Å². The Bertz CT molecular complexity index is 1370. The van der Waals surface area contributed by atoms with Crippen molar-refractivity contribution in [3.05, 3.63) is 0 Å². The fourth-order valence-electron chi connectivity index (χ4n) is 16.6. The molecule has 0 aromatic rings. The minimum Gasteiger partial charge on any atom is -0.285 e. The van der Waals surface area contributed by atoms with E-state index in [1.54, 1.807) is 7.05 Å². The third kappa shape index (κ3) is 5.25. The highest BCUT2D eigenvalue weighted by Crippen LogP contribution is 2.72. The van der Waals surface area contributed by atoms with E-state index in [-0.39, 0.29) is 53.3 Å². The van der Waals surface area contributed by atoms with Gasteiger partial charge in [0.15, 0.2) is 0 Å².